The quantitative estimate of drug-likeness (QED) is 0.794. The summed E-state index contributed by atoms with van der Waals surface area (Å²) in [5.74, 6) is -1.56. The number of halogens is 2. The minimum atomic E-state index is -0.705. The molecule has 1 aromatic carbocycles. The summed E-state index contributed by atoms with van der Waals surface area (Å²) in [5, 5.41) is 5.24. The SMILES string of the molecule is O=C(COc1ccc(NC(=O)C2CC2)cn1)NCc1cc(F)cc(F)c1. The van der Waals surface area contributed by atoms with Crippen molar-refractivity contribution in [3.63, 3.8) is 0 Å². The van der Waals surface area contributed by atoms with E-state index in [1.165, 1.54) is 12.3 Å². The Hall–Kier alpha value is -3.03. The highest BCUT2D eigenvalue weighted by Crippen LogP contribution is 2.30. The van der Waals surface area contributed by atoms with Crippen LogP contribution in [0.3, 0.4) is 0 Å². The molecule has 1 saturated carbocycles. The van der Waals surface area contributed by atoms with Crippen molar-refractivity contribution in [2.24, 2.45) is 5.92 Å². The number of carbonyl (C=O) groups excluding carboxylic acids is 2. The Kier molecular flexibility index (Phi) is 5.40. The monoisotopic (exact) mass is 361 g/mol. The topological polar surface area (TPSA) is 80.3 Å². The second-order valence-corrected chi connectivity index (χ2v) is 5.99. The fraction of sp³-hybridized carbons (Fsp3) is 0.278. The molecule has 2 N–H and O–H groups in total. The second kappa shape index (κ2) is 7.90. The Morgan fingerprint density at radius 1 is 1.15 bits per heavy atom. The van der Waals surface area contributed by atoms with Crippen molar-refractivity contribution in [2.75, 3.05) is 11.9 Å². The molecule has 1 aromatic heterocycles. The summed E-state index contributed by atoms with van der Waals surface area (Å²) in [4.78, 5) is 27.4. The van der Waals surface area contributed by atoms with E-state index in [1.807, 2.05) is 0 Å². The maximum Gasteiger partial charge on any atom is 0.258 e. The van der Waals surface area contributed by atoms with E-state index in [2.05, 4.69) is 15.6 Å². The summed E-state index contributed by atoms with van der Waals surface area (Å²) in [6.45, 7) is -0.311. The molecule has 0 bridgehead atoms. The number of ether oxygens (including phenoxy) is 1. The molecular weight excluding hydrogens is 344 g/mol. The van der Waals surface area contributed by atoms with E-state index < -0.39 is 17.5 Å². The smallest absolute Gasteiger partial charge is 0.258 e. The van der Waals surface area contributed by atoms with E-state index in [1.54, 1.807) is 6.07 Å². The number of aromatic nitrogens is 1. The Morgan fingerprint density at radius 3 is 2.50 bits per heavy atom. The number of hydrogen-bond acceptors (Lipinski definition) is 4. The second-order valence-electron chi connectivity index (χ2n) is 5.99. The van der Waals surface area contributed by atoms with Gasteiger partial charge < -0.3 is 15.4 Å². The number of hydrogen-bond donors (Lipinski definition) is 2. The van der Waals surface area contributed by atoms with Gasteiger partial charge in [-0.15, -0.1) is 0 Å². The third-order valence-corrected chi connectivity index (χ3v) is 3.72. The van der Waals surface area contributed by atoms with Gasteiger partial charge in [0.2, 0.25) is 11.8 Å². The molecule has 0 aliphatic heterocycles. The first kappa shape index (κ1) is 17.8. The van der Waals surface area contributed by atoms with E-state index in [4.69, 9.17) is 4.74 Å². The molecule has 6 nitrogen and oxygen atoms in total. The highest BCUT2D eigenvalue weighted by Gasteiger charge is 2.29. The van der Waals surface area contributed by atoms with Gasteiger partial charge in [-0.2, -0.15) is 0 Å². The number of nitrogens with one attached hydrogen (secondary N) is 2. The van der Waals surface area contributed by atoms with Gasteiger partial charge in [0.25, 0.3) is 5.91 Å². The summed E-state index contributed by atoms with van der Waals surface area (Å²) in [7, 11) is 0. The molecule has 136 valence electrons. The average Bonchev–Trinajstić information content (AvgIpc) is 3.44. The van der Waals surface area contributed by atoms with Gasteiger partial charge in [0.05, 0.1) is 11.9 Å². The molecule has 2 amide bonds. The van der Waals surface area contributed by atoms with Gasteiger partial charge in [-0.3, -0.25) is 9.59 Å². The Balaban J connectivity index is 1.42. The Bertz CT molecular complexity index is 788. The lowest BCUT2D eigenvalue weighted by atomic mass is 10.2. The van der Waals surface area contributed by atoms with Crippen molar-refractivity contribution in [3.05, 3.63) is 53.7 Å². The average molecular weight is 361 g/mol. The van der Waals surface area contributed by atoms with Gasteiger partial charge in [0.1, 0.15) is 11.6 Å². The van der Waals surface area contributed by atoms with Crippen LogP contribution in [0.1, 0.15) is 18.4 Å². The molecule has 8 heteroatoms. The number of anilines is 1. The summed E-state index contributed by atoms with van der Waals surface area (Å²) in [6, 6.07) is 6.21. The van der Waals surface area contributed by atoms with Crippen molar-refractivity contribution < 1.29 is 23.1 Å². The number of carbonyl (C=O) groups is 2. The van der Waals surface area contributed by atoms with E-state index in [0.717, 1.165) is 31.0 Å². The van der Waals surface area contributed by atoms with Gasteiger partial charge in [0.15, 0.2) is 6.61 Å². The first-order valence-electron chi connectivity index (χ1n) is 8.11. The minimum absolute atomic E-state index is 0.0174. The van der Waals surface area contributed by atoms with E-state index in [9.17, 15) is 18.4 Å². The van der Waals surface area contributed by atoms with Gasteiger partial charge in [0, 0.05) is 24.6 Å². The van der Waals surface area contributed by atoms with Crippen LogP contribution >= 0.6 is 0 Å². The molecule has 0 saturated heterocycles. The van der Waals surface area contributed by atoms with E-state index >= 15 is 0 Å². The number of nitrogens with zero attached hydrogens (tertiary/aromatic N) is 1. The lowest BCUT2D eigenvalue weighted by Crippen LogP contribution is -2.28. The Morgan fingerprint density at radius 2 is 1.88 bits per heavy atom. The lowest BCUT2D eigenvalue weighted by Gasteiger charge is -2.08. The fourth-order valence-electron chi connectivity index (χ4n) is 2.23. The van der Waals surface area contributed by atoms with Crippen molar-refractivity contribution in [1.29, 1.82) is 0 Å². The molecule has 0 unspecified atom stereocenters. The van der Waals surface area contributed by atoms with Crippen LogP contribution in [-0.4, -0.2) is 23.4 Å². The van der Waals surface area contributed by atoms with Crippen molar-refractivity contribution in [1.82, 2.24) is 10.3 Å². The third-order valence-electron chi connectivity index (χ3n) is 3.72. The van der Waals surface area contributed by atoms with Gasteiger partial charge >= 0.3 is 0 Å². The molecule has 0 atom stereocenters. The number of amides is 2. The zero-order valence-electron chi connectivity index (χ0n) is 13.8. The molecule has 26 heavy (non-hydrogen) atoms. The summed E-state index contributed by atoms with van der Waals surface area (Å²) in [5.41, 5.74) is 0.872. The first-order valence-corrected chi connectivity index (χ1v) is 8.11. The largest absolute Gasteiger partial charge is 0.468 e. The molecule has 0 spiro atoms. The summed E-state index contributed by atoms with van der Waals surface area (Å²) < 4.78 is 31.4. The predicted octanol–water partition coefficient (Wildman–Crippen LogP) is 2.40. The lowest BCUT2D eigenvalue weighted by molar-refractivity contribution is -0.123. The van der Waals surface area contributed by atoms with E-state index in [0.29, 0.717) is 11.3 Å². The van der Waals surface area contributed by atoms with Crippen LogP contribution in [0.15, 0.2) is 36.5 Å². The molecule has 2 aromatic rings. The summed E-state index contributed by atoms with van der Waals surface area (Å²) in [6.07, 6.45) is 3.28. The molecule has 0 radical (unpaired) electrons. The zero-order valence-corrected chi connectivity index (χ0v) is 13.8. The number of pyridine rings is 1. The van der Waals surface area contributed by atoms with Crippen LogP contribution in [0.25, 0.3) is 0 Å². The third kappa shape index (κ3) is 5.23. The highest BCUT2D eigenvalue weighted by atomic mass is 19.1. The van der Waals surface area contributed by atoms with Crippen LogP contribution in [-0.2, 0) is 16.1 Å². The number of benzene rings is 1. The van der Waals surface area contributed by atoms with Crippen LogP contribution in [0.2, 0.25) is 0 Å². The standard InChI is InChI=1S/C18H17F2N3O3/c19-13-5-11(6-14(20)7-13)8-21-16(24)10-26-17-4-3-15(9-22-17)23-18(25)12-1-2-12/h3-7,9,12H,1-2,8,10H2,(H,21,24)(H,23,25). The highest BCUT2D eigenvalue weighted by molar-refractivity contribution is 5.93. The molecule has 3 rings (SSSR count). The summed E-state index contributed by atoms with van der Waals surface area (Å²) >= 11 is 0. The van der Waals surface area contributed by atoms with Gasteiger partial charge in [-0.05, 0) is 36.6 Å². The normalized spacial score (nSPS) is 13.2. The maximum atomic E-state index is 13.1. The van der Waals surface area contributed by atoms with Crippen molar-refractivity contribution in [3.8, 4) is 5.88 Å². The van der Waals surface area contributed by atoms with Crippen LogP contribution in [0.5, 0.6) is 5.88 Å². The minimum Gasteiger partial charge on any atom is -0.468 e. The zero-order chi connectivity index (χ0) is 18.5. The molecule has 1 heterocycles. The van der Waals surface area contributed by atoms with E-state index in [-0.39, 0.29) is 30.9 Å². The predicted molar refractivity (Wildman–Crippen MR) is 89.3 cm³/mol. The van der Waals surface area contributed by atoms with Crippen molar-refractivity contribution in [2.45, 2.75) is 19.4 Å². The Labute approximate surface area is 148 Å². The van der Waals surface area contributed by atoms with Crippen LogP contribution in [0, 0.1) is 17.6 Å². The van der Waals surface area contributed by atoms with Gasteiger partial charge in [-0.1, -0.05) is 0 Å². The first-order chi connectivity index (χ1) is 12.5. The molecule has 1 fully saturated rings. The van der Waals surface area contributed by atoms with Crippen LogP contribution < -0.4 is 15.4 Å². The molecule has 1 aliphatic rings. The maximum absolute atomic E-state index is 13.1. The molecule has 1 aliphatic carbocycles. The number of rotatable bonds is 7. The van der Waals surface area contributed by atoms with Crippen LogP contribution in [0.4, 0.5) is 14.5 Å². The molecular formula is C18H17F2N3O3. The van der Waals surface area contributed by atoms with Crippen molar-refractivity contribution >= 4 is 17.5 Å². The van der Waals surface area contributed by atoms with Gasteiger partial charge in [-0.25, -0.2) is 13.8 Å². The fourth-order valence-corrected chi connectivity index (χ4v) is 2.23.